The molecule has 29 heavy (non-hydrogen) atoms. The number of carbonyl (C=O) groups is 2. The maximum Gasteiger partial charge on any atom is 0.292 e. The number of imide groups is 1. The third kappa shape index (κ3) is 4.47. The molecular weight excluding hydrogens is 362 g/mol. The summed E-state index contributed by atoms with van der Waals surface area (Å²) in [6, 6.07) is 17.7. The Balaban J connectivity index is 1.31. The van der Waals surface area contributed by atoms with Crippen LogP contribution in [-0.2, 0) is 9.59 Å². The van der Waals surface area contributed by atoms with Gasteiger partial charge in [-0.25, -0.2) is 4.90 Å². The average Bonchev–Trinajstić information content (AvgIpc) is 3.04. The van der Waals surface area contributed by atoms with Crippen molar-refractivity contribution in [1.82, 2.24) is 0 Å². The summed E-state index contributed by atoms with van der Waals surface area (Å²) < 4.78 is 0. The van der Waals surface area contributed by atoms with Crippen molar-refractivity contribution in [3.05, 3.63) is 71.8 Å². The normalized spacial score (nSPS) is 25.1. The van der Waals surface area contributed by atoms with E-state index in [4.69, 9.17) is 0 Å². The minimum absolute atomic E-state index is 0.0405. The summed E-state index contributed by atoms with van der Waals surface area (Å²) in [7, 11) is 0. The molecule has 5 heteroatoms. The van der Waals surface area contributed by atoms with Crippen molar-refractivity contribution in [2.45, 2.75) is 19.4 Å². The topological polar surface area (TPSA) is 46.3 Å². The molecule has 2 aliphatic heterocycles. The lowest BCUT2D eigenvalue weighted by Crippen LogP contribution is -3.30. The van der Waals surface area contributed by atoms with Crippen LogP contribution < -0.4 is 14.7 Å². The summed E-state index contributed by atoms with van der Waals surface area (Å²) in [6.45, 7) is 6.91. The van der Waals surface area contributed by atoms with E-state index in [1.165, 1.54) is 20.3 Å². The molecule has 2 fully saturated rings. The van der Waals surface area contributed by atoms with Crippen molar-refractivity contribution in [1.29, 1.82) is 0 Å². The molecule has 0 radical (unpaired) electrons. The van der Waals surface area contributed by atoms with Gasteiger partial charge in [-0.15, -0.1) is 0 Å². The quantitative estimate of drug-likeness (QED) is 0.712. The first-order valence-electron chi connectivity index (χ1n) is 10.4. The van der Waals surface area contributed by atoms with Gasteiger partial charge in [0, 0.05) is 0 Å². The molecule has 2 amide bonds. The zero-order valence-electron chi connectivity index (χ0n) is 16.9. The van der Waals surface area contributed by atoms with Crippen LogP contribution in [0.5, 0.6) is 0 Å². The van der Waals surface area contributed by atoms with Crippen molar-refractivity contribution in [3.63, 3.8) is 0 Å². The van der Waals surface area contributed by atoms with Gasteiger partial charge in [0.15, 0.2) is 6.04 Å². The van der Waals surface area contributed by atoms with E-state index >= 15 is 0 Å². The summed E-state index contributed by atoms with van der Waals surface area (Å²) in [5.41, 5.74) is 3.04. The monoisotopic (exact) mass is 391 g/mol. The molecule has 2 heterocycles. The number of hydrogen-bond acceptors (Lipinski definition) is 2. The van der Waals surface area contributed by atoms with Gasteiger partial charge in [-0.3, -0.25) is 9.59 Å². The molecule has 4 rings (SSSR count). The first-order chi connectivity index (χ1) is 14.1. The second-order valence-electron chi connectivity index (χ2n) is 8.09. The molecule has 0 bridgehead atoms. The predicted molar refractivity (Wildman–Crippen MR) is 114 cm³/mol. The van der Waals surface area contributed by atoms with Crippen molar-refractivity contribution >= 4 is 23.6 Å². The Hall–Kier alpha value is -2.76. The second kappa shape index (κ2) is 8.72. The first kappa shape index (κ1) is 19.6. The van der Waals surface area contributed by atoms with Gasteiger partial charge in [-0.2, -0.15) is 0 Å². The Bertz CT molecular complexity index is 884. The standard InChI is InChI=1S/C24H27N3O2/c1-19-9-11-21(12-10-19)27-23(28)18-22(24(27)29)26-16-14-25(15-17-26)13-5-8-20-6-3-2-4-7-20/h2-12,22H,13-18H2,1H3/p+2/b8-5+/t22-/m0/s1. The summed E-state index contributed by atoms with van der Waals surface area (Å²) in [5, 5.41) is 0. The number of piperazine rings is 1. The second-order valence-corrected chi connectivity index (χ2v) is 8.09. The van der Waals surface area contributed by atoms with Gasteiger partial charge in [0.1, 0.15) is 26.2 Å². The summed E-state index contributed by atoms with van der Waals surface area (Å²) in [4.78, 5) is 29.7. The minimum Gasteiger partial charge on any atom is -0.322 e. The smallest absolute Gasteiger partial charge is 0.292 e. The maximum absolute atomic E-state index is 13.0. The number of benzene rings is 2. The Morgan fingerprint density at radius 2 is 1.66 bits per heavy atom. The van der Waals surface area contributed by atoms with E-state index < -0.39 is 0 Å². The van der Waals surface area contributed by atoms with Gasteiger partial charge < -0.3 is 9.80 Å². The van der Waals surface area contributed by atoms with Crippen LogP contribution in [0.1, 0.15) is 17.5 Å². The minimum atomic E-state index is -0.231. The SMILES string of the molecule is Cc1ccc(N2C(=O)C[C@H]([NH+]3CC[NH+](C/C=C/c4ccccc4)CC3)C2=O)cc1. The lowest BCUT2D eigenvalue weighted by molar-refractivity contribution is -1.02. The number of nitrogens with one attached hydrogen (secondary N) is 2. The van der Waals surface area contributed by atoms with Crippen molar-refractivity contribution in [3.8, 4) is 0 Å². The number of aryl methyl sites for hydroxylation is 1. The Morgan fingerprint density at radius 1 is 0.966 bits per heavy atom. The molecule has 1 atom stereocenters. The van der Waals surface area contributed by atoms with E-state index in [-0.39, 0.29) is 17.9 Å². The molecule has 5 nitrogen and oxygen atoms in total. The number of hydrogen-bond donors (Lipinski definition) is 2. The van der Waals surface area contributed by atoms with Crippen LogP contribution in [0.2, 0.25) is 0 Å². The van der Waals surface area contributed by atoms with Gasteiger partial charge in [0.25, 0.3) is 5.91 Å². The van der Waals surface area contributed by atoms with Crippen LogP contribution in [0.3, 0.4) is 0 Å². The Labute approximate surface area is 172 Å². The fraction of sp³-hybridized carbons (Fsp3) is 0.333. The van der Waals surface area contributed by atoms with Gasteiger partial charge in [-0.1, -0.05) is 54.1 Å². The highest BCUT2D eigenvalue weighted by Crippen LogP contribution is 2.22. The van der Waals surface area contributed by atoms with Crippen LogP contribution in [0.25, 0.3) is 6.08 Å². The molecule has 2 N–H and O–H groups in total. The number of quaternary nitrogens is 2. The van der Waals surface area contributed by atoms with E-state index in [0.29, 0.717) is 12.1 Å². The Morgan fingerprint density at radius 3 is 2.34 bits per heavy atom. The highest BCUT2D eigenvalue weighted by atomic mass is 16.2. The van der Waals surface area contributed by atoms with Crippen LogP contribution in [0.4, 0.5) is 5.69 Å². The van der Waals surface area contributed by atoms with Crippen molar-refractivity contribution < 1.29 is 19.4 Å². The van der Waals surface area contributed by atoms with E-state index in [9.17, 15) is 9.59 Å². The number of carbonyl (C=O) groups excluding carboxylic acids is 2. The van der Waals surface area contributed by atoms with E-state index in [0.717, 1.165) is 38.3 Å². The molecular formula is C24H29N3O2+2. The third-order valence-electron chi connectivity index (χ3n) is 6.05. The number of nitrogens with zero attached hydrogens (tertiary/aromatic N) is 1. The molecule has 2 aliphatic rings. The zero-order valence-corrected chi connectivity index (χ0v) is 16.9. The largest absolute Gasteiger partial charge is 0.322 e. The van der Waals surface area contributed by atoms with E-state index in [1.54, 1.807) is 0 Å². The molecule has 2 aromatic rings. The number of anilines is 1. The maximum atomic E-state index is 13.0. The molecule has 0 unspecified atom stereocenters. The predicted octanol–water partition coefficient (Wildman–Crippen LogP) is 0.124. The third-order valence-corrected chi connectivity index (χ3v) is 6.05. The molecule has 2 aromatic carbocycles. The fourth-order valence-corrected chi connectivity index (χ4v) is 4.32. The average molecular weight is 392 g/mol. The van der Waals surface area contributed by atoms with Gasteiger partial charge in [0.2, 0.25) is 5.91 Å². The molecule has 0 saturated carbocycles. The zero-order chi connectivity index (χ0) is 20.2. The van der Waals surface area contributed by atoms with Crippen molar-refractivity contribution in [2.75, 3.05) is 37.6 Å². The van der Waals surface area contributed by atoms with Crippen LogP contribution >= 0.6 is 0 Å². The highest BCUT2D eigenvalue weighted by Gasteiger charge is 2.46. The fourth-order valence-electron chi connectivity index (χ4n) is 4.32. The lowest BCUT2D eigenvalue weighted by Gasteiger charge is -2.31. The van der Waals surface area contributed by atoms with E-state index in [2.05, 4.69) is 36.4 Å². The molecule has 0 aliphatic carbocycles. The summed E-state index contributed by atoms with van der Waals surface area (Å²) in [6.07, 6.45) is 4.73. The summed E-state index contributed by atoms with van der Waals surface area (Å²) >= 11 is 0. The van der Waals surface area contributed by atoms with E-state index in [1.807, 2.05) is 37.3 Å². The molecule has 0 spiro atoms. The van der Waals surface area contributed by atoms with Crippen LogP contribution in [0.15, 0.2) is 60.7 Å². The van der Waals surface area contributed by atoms with Crippen LogP contribution in [-0.4, -0.2) is 50.6 Å². The molecule has 0 aromatic heterocycles. The van der Waals surface area contributed by atoms with Gasteiger partial charge in [0.05, 0.1) is 18.7 Å². The van der Waals surface area contributed by atoms with Crippen molar-refractivity contribution in [2.24, 2.45) is 0 Å². The lowest BCUT2D eigenvalue weighted by atomic mass is 10.1. The Kier molecular flexibility index (Phi) is 5.88. The summed E-state index contributed by atoms with van der Waals surface area (Å²) in [5.74, 6) is -0.113. The van der Waals surface area contributed by atoms with Gasteiger partial charge in [-0.05, 0) is 30.7 Å². The first-order valence-corrected chi connectivity index (χ1v) is 10.4. The molecule has 150 valence electrons. The van der Waals surface area contributed by atoms with Crippen LogP contribution in [0, 0.1) is 6.92 Å². The van der Waals surface area contributed by atoms with Gasteiger partial charge >= 0.3 is 0 Å². The number of rotatable bonds is 5. The molecule has 2 saturated heterocycles. The number of amides is 2. The highest BCUT2D eigenvalue weighted by molar-refractivity contribution is 6.21.